The summed E-state index contributed by atoms with van der Waals surface area (Å²) in [5.41, 5.74) is 6.10. The van der Waals surface area contributed by atoms with E-state index in [2.05, 4.69) is 49.3 Å². The van der Waals surface area contributed by atoms with Crippen LogP contribution < -0.4 is 11.3 Å². The Morgan fingerprint density at radius 1 is 1.43 bits per heavy atom. The second-order valence-electron chi connectivity index (χ2n) is 4.77. The first kappa shape index (κ1) is 17.0. The van der Waals surface area contributed by atoms with E-state index in [1.165, 1.54) is 0 Å². The fraction of sp³-hybridized carbons (Fsp3) is 0.357. The topological polar surface area (TPSA) is 55.9 Å². The van der Waals surface area contributed by atoms with Crippen molar-refractivity contribution in [1.29, 1.82) is 0 Å². The van der Waals surface area contributed by atoms with Crippen molar-refractivity contribution in [2.24, 2.45) is 12.9 Å². The predicted molar refractivity (Wildman–Crippen MR) is 93.2 cm³/mol. The molecule has 0 aliphatic rings. The molecule has 1 aromatic heterocycles. The van der Waals surface area contributed by atoms with Crippen molar-refractivity contribution in [2.75, 3.05) is 0 Å². The van der Waals surface area contributed by atoms with E-state index in [9.17, 15) is 0 Å². The van der Waals surface area contributed by atoms with Crippen molar-refractivity contribution in [3.05, 3.63) is 49.1 Å². The van der Waals surface area contributed by atoms with Crippen LogP contribution in [-0.4, -0.2) is 9.78 Å². The van der Waals surface area contributed by atoms with E-state index in [0.717, 1.165) is 38.7 Å². The molecule has 3 N–H and O–H groups in total. The number of aryl methyl sites for hydroxylation is 2. The summed E-state index contributed by atoms with van der Waals surface area (Å²) in [6, 6.07) is 5.67. The first-order valence-electron chi connectivity index (χ1n) is 6.59. The number of hydrogen-bond donors (Lipinski definition) is 2. The highest BCUT2D eigenvalue weighted by molar-refractivity contribution is 9.10. The maximum atomic E-state index is 5.99. The van der Waals surface area contributed by atoms with Crippen LogP contribution in [-0.2, 0) is 19.9 Å². The molecular weight excluding hydrogens is 419 g/mol. The first-order valence-corrected chi connectivity index (χ1v) is 8.55. The molecule has 2 aromatic rings. The van der Waals surface area contributed by atoms with Gasteiger partial charge in [-0.2, -0.15) is 5.10 Å². The average molecular weight is 437 g/mol. The molecule has 0 saturated heterocycles. The van der Waals surface area contributed by atoms with Crippen molar-refractivity contribution in [3.8, 4) is 0 Å². The molecule has 114 valence electrons. The van der Waals surface area contributed by atoms with Crippen molar-refractivity contribution in [3.63, 3.8) is 0 Å². The Bertz CT molecular complexity index is 642. The minimum atomic E-state index is -0.0342. The van der Waals surface area contributed by atoms with Crippen LogP contribution in [0.1, 0.15) is 29.9 Å². The zero-order chi connectivity index (χ0) is 15.6. The molecule has 1 unspecified atom stereocenters. The third kappa shape index (κ3) is 3.68. The van der Waals surface area contributed by atoms with E-state index in [1.807, 2.05) is 29.9 Å². The van der Waals surface area contributed by atoms with Gasteiger partial charge in [-0.25, -0.2) is 0 Å². The van der Waals surface area contributed by atoms with Gasteiger partial charge in [0.1, 0.15) is 0 Å². The maximum absolute atomic E-state index is 5.99. The number of nitrogens with two attached hydrogens (primary N) is 1. The van der Waals surface area contributed by atoms with E-state index in [0.29, 0.717) is 5.02 Å². The molecule has 4 nitrogen and oxygen atoms in total. The van der Waals surface area contributed by atoms with Crippen molar-refractivity contribution < 1.29 is 0 Å². The number of hydrogen-bond acceptors (Lipinski definition) is 3. The zero-order valence-electron chi connectivity index (χ0n) is 11.8. The Hall–Kier alpha value is -0.400. The molecule has 0 fully saturated rings. The van der Waals surface area contributed by atoms with Crippen LogP contribution in [0.3, 0.4) is 0 Å². The second-order valence-corrected chi connectivity index (χ2v) is 6.86. The van der Waals surface area contributed by atoms with Gasteiger partial charge in [-0.05, 0) is 40.0 Å². The molecule has 0 saturated carbocycles. The van der Waals surface area contributed by atoms with Gasteiger partial charge in [0.05, 0.1) is 21.9 Å². The van der Waals surface area contributed by atoms with Gasteiger partial charge < -0.3 is 0 Å². The molecular formula is C14H17Br2ClN4. The Morgan fingerprint density at radius 2 is 2.14 bits per heavy atom. The van der Waals surface area contributed by atoms with Crippen LogP contribution >= 0.6 is 43.5 Å². The summed E-state index contributed by atoms with van der Waals surface area (Å²) < 4.78 is 3.89. The van der Waals surface area contributed by atoms with Crippen LogP contribution in [0.15, 0.2) is 27.1 Å². The summed E-state index contributed by atoms with van der Waals surface area (Å²) >= 11 is 13.2. The molecule has 0 radical (unpaired) electrons. The number of benzene rings is 1. The molecule has 1 aromatic carbocycles. The highest BCUT2D eigenvalue weighted by Gasteiger charge is 2.20. The number of rotatable bonds is 5. The van der Waals surface area contributed by atoms with Crippen molar-refractivity contribution in [2.45, 2.75) is 25.8 Å². The molecule has 0 amide bonds. The molecule has 0 aliphatic heterocycles. The van der Waals surface area contributed by atoms with Crippen LogP contribution in [0.4, 0.5) is 0 Å². The van der Waals surface area contributed by atoms with Gasteiger partial charge in [0, 0.05) is 23.0 Å². The van der Waals surface area contributed by atoms with Gasteiger partial charge in [-0.15, -0.1) is 0 Å². The number of hydrazine groups is 1. The molecule has 0 spiro atoms. The lowest BCUT2D eigenvalue weighted by Crippen LogP contribution is -2.30. The summed E-state index contributed by atoms with van der Waals surface area (Å²) in [7, 11) is 1.95. The number of nitrogens with one attached hydrogen (secondary N) is 1. The minimum Gasteiger partial charge on any atom is -0.271 e. The quantitative estimate of drug-likeness (QED) is 0.552. The van der Waals surface area contributed by atoms with E-state index in [1.54, 1.807) is 0 Å². The summed E-state index contributed by atoms with van der Waals surface area (Å²) in [6.45, 7) is 2.09. The second kappa shape index (κ2) is 7.24. The summed E-state index contributed by atoms with van der Waals surface area (Å²) in [6.07, 6.45) is 1.61. The Labute approximate surface area is 146 Å². The maximum Gasteiger partial charge on any atom is 0.0766 e. The summed E-state index contributed by atoms with van der Waals surface area (Å²) in [5, 5.41) is 5.21. The van der Waals surface area contributed by atoms with Crippen molar-refractivity contribution >= 4 is 43.5 Å². The van der Waals surface area contributed by atoms with Crippen LogP contribution in [0.2, 0.25) is 5.02 Å². The number of aromatic nitrogens is 2. The van der Waals surface area contributed by atoms with Crippen molar-refractivity contribution in [1.82, 2.24) is 15.2 Å². The van der Waals surface area contributed by atoms with E-state index >= 15 is 0 Å². The number of nitrogens with zero attached hydrogens (tertiary/aromatic N) is 2. The SMILES string of the molecule is CCc1nn(C)c(CC(NN)c2ccc(Cl)cc2Br)c1Br. The lowest BCUT2D eigenvalue weighted by atomic mass is 10.0. The monoisotopic (exact) mass is 434 g/mol. The Kier molecular flexibility index (Phi) is 5.85. The third-order valence-corrected chi connectivity index (χ3v) is 5.28. The largest absolute Gasteiger partial charge is 0.271 e. The van der Waals surface area contributed by atoms with Gasteiger partial charge >= 0.3 is 0 Å². The average Bonchev–Trinajstić information content (AvgIpc) is 2.72. The van der Waals surface area contributed by atoms with E-state index in [-0.39, 0.29) is 6.04 Å². The summed E-state index contributed by atoms with van der Waals surface area (Å²) in [4.78, 5) is 0. The third-order valence-electron chi connectivity index (χ3n) is 3.44. The summed E-state index contributed by atoms with van der Waals surface area (Å²) in [5.74, 6) is 5.75. The fourth-order valence-corrected chi connectivity index (χ4v) is 4.01. The van der Waals surface area contributed by atoms with Gasteiger partial charge in [0.2, 0.25) is 0 Å². The van der Waals surface area contributed by atoms with Gasteiger partial charge in [0.25, 0.3) is 0 Å². The number of halogens is 3. The van der Waals surface area contributed by atoms with E-state index < -0.39 is 0 Å². The Morgan fingerprint density at radius 3 is 2.67 bits per heavy atom. The van der Waals surface area contributed by atoms with Gasteiger partial charge in [-0.3, -0.25) is 16.0 Å². The lowest BCUT2D eigenvalue weighted by Gasteiger charge is -2.18. The standard InChI is InChI=1S/C14H17Br2ClN4/c1-3-11-14(16)13(21(2)20-11)7-12(19-18)9-5-4-8(17)6-10(9)15/h4-6,12,19H,3,7,18H2,1-2H3. The highest BCUT2D eigenvalue weighted by atomic mass is 79.9. The van der Waals surface area contributed by atoms with E-state index in [4.69, 9.17) is 17.4 Å². The van der Waals surface area contributed by atoms with Gasteiger partial charge in [-0.1, -0.05) is 40.5 Å². The minimum absolute atomic E-state index is 0.0342. The highest BCUT2D eigenvalue weighted by Crippen LogP contribution is 2.31. The normalized spacial score (nSPS) is 12.7. The molecule has 21 heavy (non-hydrogen) atoms. The molecule has 7 heteroatoms. The molecule has 2 rings (SSSR count). The molecule has 0 bridgehead atoms. The smallest absolute Gasteiger partial charge is 0.0766 e. The fourth-order valence-electron chi connectivity index (χ4n) is 2.28. The first-order chi connectivity index (χ1) is 9.97. The lowest BCUT2D eigenvalue weighted by molar-refractivity contribution is 0.527. The predicted octanol–water partition coefficient (Wildman–Crippen LogP) is 3.91. The van der Waals surface area contributed by atoms with Crippen LogP contribution in [0.25, 0.3) is 0 Å². The molecule has 0 aliphatic carbocycles. The zero-order valence-corrected chi connectivity index (χ0v) is 15.8. The van der Waals surface area contributed by atoms with Crippen LogP contribution in [0, 0.1) is 0 Å². The molecule has 1 heterocycles. The van der Waals surface area contributed by atoms with Crippen LogP contribution in [0.5, 0.6) is 0 Å². The van der Waals surface area contributed by atoms with Gasteiger partial charge in [0.15, 0.2) is 0 Å². The molecule has 1 atom stereocenters. The Balaban J connectivity index is 2.33.